The van der Waals surface area contributed by atoms with E-state index < -0.39 is 0 Å². The first-order valence-corrected chi connectivity index (χ1v) is 8.48. The maximum absolute atomic E-state index is 6.38. The molecular formula is C18H30N2O. The van der Waals surface area contributed by atoms with Gasteiger partial charge in [0.1, 0.15) is 0 Å². The molecule has 1 aromatic heterocycles. The zero-order chi connectivity index (χ0) is 15.0. The van der Waals surface area contributed by atoms with Crippen molar-refractivity contribution in [3.05, 3.63) is 23.0 Å². The summed E-state index contributed by atoms with van der Waals surface area (Å²) in [7, 11) is 0. The van der Waals surface area contributed by atoms with Crippen LogP contribution in [0.3, 0.4) is 0 Å². The summed E-state index contributed by atoms with van der Waals surface area (Å²) >= 11 is 0. The minimum absolute atomic E-state index is 0.204. The number of hydrogen-bond donors (Lipinski definition) is 1. The van der Waals surface area contributed by atoms with Gasteiger partial charge < -0.3 is 15.0 Å². The van der Waals surface area contributed by atoms with Gasteiger partial charge in [-0.05, 0) is 62.0 Å². The zero-order valence-electron chi connectivity index (χ0n) is 13.8. The first-order valence-electron chi connectivity index (χ1n) is 8.48. The van der Waals surface area contributed by atoms with Crippen LogP contribution in [0.2, 0.25) is 0 Å². The van der Waals surface area contributed by atoms with E-state index in [0.717, 1.165) is 44.9 Å². The standard InChI is InChI=1S/C18H30N2O/c1-13-9-15-16(19)10-18(2,3)11-17(15)20(13)7-4-8-21-12-14-5-6-14/h9,14,16H,4-8,10-12,19H2,1-3H3. The molecule has 1 saturated carbocycles. The first kappa shape index (κ1) is 15.1. The van der Waals surface area contributed by atoms with E-state index >= 15 is 0 Å². The molecule has 3 rings (SSSR count). The van der Waals surface area contributed by atoms with Crippen molar-refractivity contribution in [3.63, 3.8) is 0 Å². The molecule has 21 heavy (non-hydrogen) atoms. The second-order valence-corrected chi connectivity index (χ2v) is 7.86. The van der Waals surface area contributed by atoms with Gasteiger partial charge in [0.25, 0.3) is 0 Å². The third-order valence-electron chi connectivity index (χ3n) is 4.99. The Kier molecular flexibility index (Phi) is 4.15. The van der Waals surface area contributed by atoms with Crippen LogP contribution in [0.5, 0.6) is 0 Å². The molecule has 0 aromatic carbocycles. The molecule has 0 spiro atoms. The number of rotatable bonds is 6. The van der Waals surface area contributed by atoms with Crippen molar-refractivity contribution in [2.24, 2.45) is 17.1 Å². The Labute approximate surface area is 128 Å². The Bertz CT molecular complexity index is 500. The van der Waals surface area contributed by atoms with Crippen LogP contribution in [0.25, 0.3) is 0 Å². The molecule has 118 valence electrons. The smallest absolute Gasteiger partial charge is 0.0494 e. The molecule has 2 N–H and O–H groups in total. The molecule has 1 unspecified atom stereocenters. The maximum Gasteiger partial charge on any atom is 0.0494 e. The molecule has 0 amide bonds. The molecule has 3 nitrogen and oxygen atoms in total. The summed E-state index contributed by atoms with van der Waals surface area (Å²) in [6.45, 7) is 9.80. The van der Waals surface area contributed by atoms with Crippen molar-refractivity contribution in [1.82, 2.24) is 4.57 Å². The molecule has 2 aliphatic rings. The lowest BCUT2D eigenvalue weighted by molar-refractivity contribution is 0.119. The molecular weight excluding hydrogens is 260 g/mol. The summed E-state index contributed by atoms with van der Waals surface area (Å²) in [5, 5.41) is 0. The lowest BCUT2D eigenvalue weighted by Gasteiger charge is -2.34. The fraction of sp³-hybridized carbons (Fsp3) is 0.778. The number of nitrogens with zero attached hydrogens (tertiary/aromatic N) is 1. The highest BCUT2D eigenvalue weighted by molar-refractivity contribution is 5.34. The molecule has 0 bridgehead atoms. The lowest BCUT2D eigenvalue weighted by atomic mass is 9.74. The van der Waals surface area contributed by atoms with Crippen LogP contribution in [-0.2, 0) is 17.7 Å². The predicted molar refractivity (Wildman–Crippen MR) is 86.4 cm³/mol. The molecule has 2 aliphatic carbocycles. The molecule has 1 fully saturated rings. The predicted octanol–water partition coefficient (Wildman–Crippen LogP) is 3.59. The number of aromatic nitrogens is 1. The van der Waals surface area contributed by atoms with Crippen LogP contribution >= 0.6 is 0 Å². The van der Waals surface area contributed by atoms with E-state index in [1.54, 1.807) is 0 Å². The van der Waals surface area contributed by atoms with Crippen LogP contribution in [0, 0.1) is 18.3 Å². The molecule has 1 heterocycles. The zero-order valence-corrected chi connectivity index (χ0v) is 13.8. The minimum atomic E-state index is 0.204. The van der Waals surface area contributed by atoms with E-state index in [1.807, 2.05) is 0 Å². The number of nitrogens with two attached hydrogens (primary N) is 1. The number of fused-ring (bicyclic) bond motifs is 1. The highest BCUT2D eigenvalue weighted by atomic mass is 16.5. The van der Waals surface area contributed by atoms with Gasteiger partial charge in [-0.3, -0.25) is 0 Å². The maximum atomic E-state index is 6.38. The Morgan fingerprint density at radius 2 is 2.14 bits per heavy atom. The summed E-state index contributed by atoms with van der Waals surface area (Å²) in [5.41, 5.74) is 10.9. The summed E-state index contributed by atoms with van der Waals surface area (Å²) in [6.07, 6.45) is 6.08. The van der Waals surface area contributed by atoms with Crippen molar-refractivity contribution < 1.29 is 4.74 Å². The molecule has 0 radical (unpaired) electrons. The highest BCUT2D eigenvalue weighted by Crippen LogP contribution is 2.40. The average molecular weight is 290 g/mol. The van der Waals surface area contributed by atoms with Gasteiger partial charge >= 0.3 is 0 Å². The van der Waals surface area contributed by atoms with Gasteiger partial charge in [0, 0.05) is 37.2 Å². The summed E-state index contributed by atoms with van der Waals surface area (Å²) in [6, 6.07) is 2.51. The van der Waals surface area contributed by atoms with Gasteiger partial charge in [-0.1, -0.05) is 13.8 Å². The monoisotopic (exact) mass is 290 g/mol. The fourth-order valence-electron chi connectivity index (χ4n) is 3.67. The third kappa shape index (κ3) is 3.51. The Hall–Kier alpha value is -0.800. The number of ether oxygens (including phenoxy) is 1. The van der Waals surface area contributed by atoms with Crippen LogP contribution < -0.4 is 5.73 Å². The van der Waals surface area contributed by atoms with Crippen LogP contribution in [0.4, 0.5) is 0 Å². The molecule has 3 heteroatoms. The molecule has 0 aliphatic heterocycles. The average Bonchev–Trinajstić information content (AvgIpc) is 3.15. The van der Waals surface area contributed by atoms with Gasteiger partial charge in [0.05, 0.1) is 0 Å². The topological polar surface area (TPSA) is 40.2 Å². The SMILES string of the molecule is Cc1cc2c(n1CCCOCC1CC1)CC(C)(C)CC2N. The van der Waals surface area contributed by atoms with Gasteiger partial charge in [0.15, 0.2) is 0 Å². The van der Waals surface area contributed by atoms with E-state index in [2.05, 4.69) is 31.4 Å². The van der Waals surface area contributed by atoms with Crippen molar-refractivity contribution in [2.45, 2.75) is 65.5 Å². The summed E-state index contributed by atoms with van der Waals surface area (Å²) < 4.78 is 8.25. The quantitative estimate of drug-likeness (QED) is 0.813. The Morgan fingerprint density at radius 1 is 1.38 bits per heavy atom. The van der Waals surface area contributed by atoms with Crippen molar-refractivity contribution in [1.29, 1.82) is 0 Å². The van der Waals surface area contributed by atoms with Crippen LogP contribution in [-0.4, -0.2) is 17.8 Å². The van der Waals surface area contributed by atoms with Crippen molar-refractivity contribution >= 4 is 0 Å². The van der Waals surface area contributed by atoms with Gasteiger partial charge in [-0.2, -0.15) is 0 Å². The van der Waals surface area contributed by atoms with Gasteiger partial charge in [0.2, 0.25) is 0 Å². The fourth-order valence-corrected chi connectivity index (χ4v) is 3.67. The van der Waals surface area contributed by atoms with E-state index in [-0.39, 0.29) is 6.04 Å². The number of aryl methyl sites for hydroxylation is 1. The van der Waals surface area contributed by atoms with E-state index in [4.69, 9.17) is 10.5 Å². The van der Waals surface area contributed by atoms with E-state index in [1.165, 1.54) is 29.8 Å². The highest BCUT2D eigenvalue weighted by Gasteiger charge is 2.33. The largest absolute Gasteiger partial charge is 0.381 e. The Balaban J connectivity index is 1.62. The Morgan fingerprint density at radius 3 is 2.86 bits per heavy atom. The molecule has 0 saturated heterocycles. The molecule has 1 aromatic rings. The van der Waals surface area contributed by atoms with Gasteiger partial charge in [-0.15, -0.1) is 0 Å². The second kappa shape index (κ2) is 5.77. The third-order valence-corrected chi connectivity index (χ3v) is 4.99. The molecule has 1 atom stereocenters. The summed E-state index contributed by atoms with van der Waals surface area (Å²) in [5.74, 6) is 0.866. The summed E-state index contributed by atoms with van der Waals surface area (Å²) in [4.78, 5) is 0. The van der Waals surface area contributed by atoms with Crippen molar-refractivity contribution in [2.75, 3.05) is 13.2 Å². The van der Waals surface area contributed by atoms with E-state index in [0.29, 0.717) is 5.41 Å². The number of hydrogen-bond acceptors (Lipinski definition) is 2. The normalized spacial score (nSPS) is 24.1. The van der Waals surface area contributed by atoms with E-state index in [9.17, 15) is 0 Å². The van der Waals surface area contributed by atoms with Gasteiger partial charge in [-0.25, -0.2) is 0 Å². The lowest BCUT2D eigenvalue weighted by Crippen LogP contribution is -2.30. The first-order chi connectivity index (χ1) is 9.96. The van der Waals surface area contributed by atoms with Crippen molar-refractivity contribution in [3.8, 4) is 0 Å². The van der Waals surface area contributed by atoms with Crippen LogP contribution in [0.15, 0.2) is 6.07 Å². The second-order valence-electron chi connectivity index (χ2n) is 7.86. The van der Waals surface area contributed by atoms with Crippen LogP contribution in [0.1, 0.15) is 62.5 Å². The minimum Gasteiger partial charge on any atom is -0.381 e.